The van der Waals surface area contributed by atoms with Crippen molar-refractivity contribution in [1.29, 1.82) is 0 Å². The van der Waals surface area contributed by atoms with Crippen LogP contribution in [-0.4, -0.2) is 41.1 Å². The van der Waals surface area contributed by atoms with Gasteiger partial charge in [-0.15, -0.1) is 0 Å². The molecule has 26 heavy (non-hydrogen) atoms. The number of benzene rings is 1. The summed E-state index contributed by atoms with van der Waals surface area (Å²) in [6, 6.07) is 9.61. The summed E-state index contributed by atoms with van der Waals surface area (Å²) in [5.74, 6) is 1.29. The number of hydrogen-bond donors (Lipinski definition) is 0. The number of pyridine rings is 1. The highest BCUT2D eigenvalue weighted by atomic mass is 35.5. The van der Waals surface area contributed by atoms with Gasteiger partial charge in [-0.25, -0.2) is 0 Å². The van der Waals surface area contributed by atoms with Crippen molar-refractivity contribution in [1.82, 2.24) is 9.88 Å². The number of nitrogens with zero attached hydrogens (tertiary/aromatic N) is 3. The summed E-state index contributed by atoms with van der Waals surface area (Å²) in [6.45, 7) is 3.15. The van der Waals surface area contributed by atoms with Crippen LogP contribution in [0.1, 0.15) is 30.3 Å². The minimum atomic E-state index is -0.0956. The summed E-state index contributed by atoms with van der Waals surface area (Å²) in [7, 11) is 3.25. The van der Waals surface area contributed by atoms with Gasteiger partial charge in [-0.1, -0.05) is 36.4 Å². The molecule has 2 aliphatic heterocycles. The molecule has 0 radical (unpaired) electrons. The molecule has 0 amide bonds. The van der Waals surface area contributed by atoms with E-state index in [2.05, 4.69) is 16.8 Å². The van der Waals surface area contributed by atoms with Gasteiger partial charge in [0.15, 0.2) is 16.7 Å². The first kappa shape index (κ1) is 17.5. The Morgan fingerprint density at radius 3 is 2.65 bits per heavy atom. The van der Waals surface area contributed by atoms with Gasteiger partial charge in [0.25, 0.3) is 0 Å². The lowest BCUT2D eigenvalue weighted by Crippen LogP contribution is -2.28. The molecule has 7 heteroatoms. The fraction of sp³-hybridized carbons (Fsp3) is 0.368. The second kappa shape index (κ2) is 7.00. The Labute approximate surface area is 162 Å². The number of hydrogen-bond acceptors (Lipinski definition) is 6. The van der Waals surface area contributed by atoms with Gasteiger partial charge < -0.3 is 14.4 Å². The zero-order valence-electron chi connectivity index (χ0n) is 14.8. The van der Waals surface area contributed by atoms with Crippen LogP contribution in [0.15, 0.2) is 41.5 Å². The minimum Gasteiger partial charge on any atom is -0.493 e. The van der Waals surface area contributed by atoms with Gasteiger partial charge in [0.05, 0.1) is 26.0 Å². The van der Waals surface area contributed by atoms with Crippen LogP contribution in [0.4, 0.5) is 0 Å². The van der Waals surface area contributed by atoms with Crippen molar-refractivity contribution < 1.29 is 9.47 Å². The van der Waals surface area contributed by atoms with Crippen molar-refractivity contribution >= 4 is 28.5 Å². The van der Waals surface area contributed by atoms with E-state index in [0.29, 0.717) is 21.8 Å². The topological polar surface area (TPSA) is 47.0 Å². The van der Waals surface area contributed by atoms with Crippen molar-refractivity contribution in [3.8, 4) is 11.5 Å². The van der Waals surface area contributed by atoms with E-state index >= 15 is 0 Å². The molecule has 1 aromatic carbocycles. The van der Waals surface area contributed by atoms with Gasteiger partial charge in [0.2, 0.25) is 0 Å². The van der Waals surface area contributed by atoms with Crippen molar-refractivity contribution in [2.75, 3.05) is 20.8 Å². The SMILES string of the molecule is COc1cc(Cl)c([C@@H]2[C@@H](c3ccccn3)N=C3S[C@H](C)CN32)cc1OC. The Bertz CT molecular complexity index is 846. The summed E-state index contributed by atoms with van der Waals surface area (Å²) in [5.41, 5.74) is 1.92. The third-order valence-corrected chi connectivity index (χ3v) is 6.13. The second-order valence-corrected chi connectivity index (χ2v) is 8.18. The number of thioether (sulfide) groups is 1. The molecule has 0 spiro atoms. The molecule has 3 atom stereocenters. The van der Waals surface area contributed by atoms with Gasteiger partial charge in [-0.3, -0.25) is 9.98 Å². The Balaban J connectivity index is 1.82. The van der Waals surface area contributed by atoms with E-state index in [1.165, 1.54) is 0 Å². The minimum absolute atomic E-state index is 0.00958. The van der Waals surface area contributed by atoms with E-state index in [1.807, 2.05) is 36.5 Å². The van der Waals surface area contributed by atoms with E-state index in [9.17, 15) is 0 Å². The van der Waals surface area contributed by atoms with Crippen LogP contribution in [0.3, 0.4) is 0 Å². The lowest BCUT2D eigenvalue weighted by molar-refractivity contribution is 0.317. The van der Waals surface area contributed by atoms with Crippen LogP contribution in [0, 0.1) is 0 Å². The van der Waals surface area contributed by atoms with Crippen LogP contribution in [-0.2, 0) is 0 Å². The number of aliphatic imine (C=N–C) groups is 1. The Morgan fingerprint density at radius 1 is 1.19 bits per heavy atom. The number of ether oxygens (including phenoxy) is 2. The van der Waals surface area contributed by atoms with Gasteiger partial charge in [0.1, 0.15) is 6.04 Å². The predicted molar refractivity (Wildman–Crippen MR) is 105 cm³/mol. The molecule has 136 valence electrons. The molecule has 0 aliphatic carbocycles. The van der Waals surface area contributed by atoms with Gasteiger partial charge >= 0.3 is 0 Å². The molecule has 0 saturated carbocycles. The predicted octanol–water partition coefficient (Wildman–Crippen LogP) is 4.34. The quantitative estimate of drug-likeness (QED) is 0.778. The maximum absolute atomic E-state index is 6.66. The number of halogens is 1. The Kier molecular flexibility index (Phi) is 4.71. The van der Waals surface area contributed by atoms with Gasteiger partial charge in [-0.2, -0.15) is 0 Å². The fourth-order valence-corrected chi connectivity index (χ4v) is 4.91. The summed E-state index contributed by atoms with van der Waals surface area (Å²) < 4.78 is 10.9. The standard InChI is InChI=1S/C19H20ClN3O2S/c1-11-10-23-18(12-8-15(24-2)16(25-3)9-13(12)20)17(22-19(23)26-11)14-6-4-5-7-21-14/h4-9,11,17-18H,10H2,1-3H3/t11-,17-,18-/m1/s1. The van der Waals surface area contributed by atoms with Crippen LogP contribution in [0.5, 0.6) is 11.5 Å². The zero-order chi connectivity index (χ0) is 18.3. The first-order valence-corrected chi connectivity index (χ1v) is 9.71. The van der Waals surface area contributed by atoms with Crippen molar-refractivity contribution in [3.63, 3.8) is 0 Å². The van der Waals surface area contributed by atoms with E-state index in [4.69, 9.17) is 26.1 Å². The maximum atomic E-state index is 6.66. The molecule has 0 N–H and O–H groups in total. The molecule has 1 saturated heterocycles. The molecule has 0 unspecified atom stereocenters. The molecule has 4 rings (SSSR count). The first-order chi connectivity index (χ1) is 12.6. The molecule has 2 aromatic rings. The maximum Gasteiger partial charge on any atom is 0.162 e. The van der Waals surface area contributed by atoms with Crippen LogP contribution < -0.4 is 9.47 Å². The molecule has 2 aliphatic rings. The summed E-state index contributed by atoms with van der Waals surface area (Å²) in [5, 5.41) is 2.21. The van der Waals surface area contributed by atoms with E-state index in [-0.39, 0.29) is 12.1 Å². The molecular weight excluding hydrogens is 370 g/mol. The number of amidine groups is 1. The molecule has 1 aromatic heterocycles. The molecule has 5 nitrogen and oxygen atoms in total. The Morgan fingerprint density at radius 2 is 1.96 bits per heavy atom. The van der Waals surface area contributed by atoms with Crippen LogP contribution in [0.25, 0.3) is 0 Å². The molecular formula is C19H20ClN3O2S. The third-order valence-electron chi connectivity index (χ3n) is 4.70. The lowest BCUT2D eigenvalue weighted by Gasteiger charge is -2.28. The highest BCUT2D eigenvalue weighted by Crippen LogP contribution is 2.50. The summed E-state index contributed by atoms with van der Waals surface area (Å²) in [6.07, 6.45) is 1.81. The molecule has 3 heterocycles. The number of aromatic nitrogens is 1. The monoisotopic (exact) mass is 389 g/mol. The highest BCUT2D eigenvalue weighted by Gasteiger charge is 2.44. The Hall–Kier alpha value is -1.92. The molecule has 1 fully saturated rings. The van der Waals surface area contributed by atoms with Crippen LogP contribution >= 0.6 is 23.4 Å². The van der Waals surface area contributed by atoms with E-state index < -0.39 is 0 Å². The van der Waals surface area contributed by atoms with Crippen molar-refractivity contribution in [2.45, 2.75) is 24.3 Å². The second-order valence-electron chi connectivity index (χ2n) is 6.37. The summed E-state index contributed by atoms with van der Waals surface area (Å²) >= 11 is 8.46. The largest absolute Gasteiger partial charge is 0.493 e. The smallest absolute Gasteiger partial charge is 0.162 e. The van der Waals surface area contributed by atoms with Crippen molar-refractivity contribution in [2.24, 2.45) is 4.99 Å². The van der Waals surface area contributed by atoms with Crippen molar-refractivity contribution in [3.05, 3.63) is 52.8 Å². The average Bonchev–Trinajstić information content (AvgIpc) is 3.18. The highest BCUT2D eigenvalue weighted by molar-refractivity contribution is 8.14. The first-order valence-electron chi connectivity index (χ1n) is 8.45. The normalized spacial score (nSPS) is 24.4. The van der Waals surface area contributed by atoms with Crippen LogP contribution in [0.2, 0.25) is 5.02 Å². The number of methoxy groups -OCH3 is 2. The van der Waals surface area contributed by atoms with E-state index in [0.717, 1.165) is 23.0 Å². The lowest BCUT2D eigenvalue weighted by atomic mass is 9.96. The zero-order valence-corrected chi connectivity index (χ0v) is 16.4. The van der Waals surface area contributed by atoms with Gasteiger partial charge in [-0.05, 0) is 23.8 Å². The average molecular weight is 390 g/mol. The summed E-state index contributed by atoms with van der Waals surface area (Å²) in [4.78, 5) is 11.9. The number of rotatable bonds is 4. The third kappa shape index (κ3) is 2.91. The molecule has 0 bridgehead atoms. The van der Waals surface area contributed by atoms with E-state index in [1.54, 1.807) is 26.0 Å². The fourth-order valence-electron chi connectivity index (χ4n) is 3.55. The number of fused-ring (bicyclic) bond motifs is 1. The van der Waals surface area contributed by atoms with Gasteiger partial charge in [0, 0.05) is 29.1 Å².